The van der Waals surface area contributed by atoms with Crippen LogP contribution < -0.4 is 11.1 Å². The minimum absolute atomic E-state index is 0.215. The molecular weight excluding hydrogens is 190 g/mol. The zero-order chi connectivity index (χ0) is 11.7. The fourth-order valence-corrected chi connectivity index (χ4v) is 1.69. The van der Waals surface area contributed by atoms with Crippen molar-refractivity contribution in [1.82, 2.24) is 10.2 Å². The van der Waals surface area contributed by atoms with E-state index in [1.54, 1.807) is 0 Å². The Hall–Kier alpha value is -0.610. The van der Waals surface area contributed by atoms with Gasteiger partial charge in [-0.3, -0.25) is 4.79 Å². The fraction of sp³-hybridized carbons (Fsp3) is 0.909. The molecule has 0 radical (unpaired) electrons. The van der Waals surface area contributed by atoms with Crippen LogP contribution in [0, 0.1) is 0 Å². The molecule has 1 unspecified atom stereocenters. The van der Waals surface area contributed by atoms with Crippen LogP contribution in [-0.2, 0) is 4.79 Å². The van der Waals surface area contributed by atoms with Crippen LogP contribution in [0.25, 0.3) is 0 Å². The Morgan fingerprint density at radius 1 is 1.27 bits per heavy atom. The van der Waals surface area contributed by atoms with Crippen LogP contribution in [0.3, 0.4) is 0 Å². The van der Waals surface area contributed by atoms with Gasteiger partial charge in [-0.25, -0.2) is 0 Å². The zero-order valence-electron chi connectivity index (χ0n) is 10.3. The van der Waals surface area contributed by atoms with Crippen molar-refractivity contribution < 1.29 is 4.79 Å². The molecule has 1 atom stereocenters. The van der Waals surface area contributed by atoms with Crippen molar-refractivity contribution in [1.29, 1.82) is 0 Å². The Morgan fingerprint density at radius 3 is 2.13 bits per heavy atom. The van der Waals surface area contributed by atoms with Gasteiger partial charge in [-0.05, 0) is 32.5 Å². The molecule has 0 rings (SSSR count). The number of primary amides is 1. The molecule has 0 saturated heterocycles. The van der Waals surface area contributed by atoms with E-state index in [2.05, 4.69) is 24.1 Å². The third-order valence-electron chi connectivity index (χ3n) is 2.31. The maximum absolute atomic E-state index is 11.2. The van der Waals surface area contributed by atoms with Crippen LogP contribution in [0.2, 0.25) is 0 Å². The fourth-order valence-electron chi connectivity index (χ4n) is 1.69. The van der Waals surface area contributed by atoms with Gasteiger partial charge in [0, 0.05) is 6.54 Å². The van der Waals surface area contributed by atoms with Gasteiger partial charge in [0.25, 0.3) is 0 Å². The number of nitrogens with two attached hydrogens (primary N) is 1. The van der Waals surface area contributed by atoms with E-state index in [0.717, 1.165) is 39.0 Å². The van der Waals surface area contributed by atoms with E-state index >= 15 is 0 Å². The van der Waals surface area contributed by atoms with E-state index in [1.807, 2.05) is 6.92 Å². The molecule has 0 fully saturated rings. The second-order valence-electron chi connectivity index (χ2n) is 3.81. The Bertz CT molecular complexity index is 167. The molecule has 0 aromatic rings. The summed E-state index contributed by atoms with van der Waals surface area (Å²) in [5.41, 5.74) is 5.34. The van der Waals surface area contributed by atoms with Crippen LogP contribution in [0.5, 0.6) is 0 Å². The van der Waals surface area contributed by atoms with Crippen LogP contribution in [0.4, 0.5) is 0 Å². The van der Waals surface area contributed by atoms with E-state index < -0.39 is 0 Å². The highest BCUT2D eigenvalue weighted by molar-refractivity contribution is 5.80. The van der Waals surface area contributed by atoms with Crippen molar-refractivity contribution in [3.63, 3.8) is 0 Å². The monoisotopic (exact) mass is 215 g/mol. The Balaban J connectivity index is 4.12. The number of carbonyl (C=O) groups excluding carboxylic acids is 1. The van der Waals surface area contributed by atoms with E-state index in [4.69, 9.17) is 5.73 Å². The predicted octanol–water partition coefficient (Wildman–Crippen LogP) is 0.572. The zero-order valence-corrected chi connectivity index (χ0v) is 10.3. The number of hydrogen-bond acceptors (Lipinski definition) is 3. The first-order chi connectivity index (χ1) is 7.15. The predicted molar refractivity (Wildman–Crippen MR) is 63.7 cm³/mol. The van der Waals surface area contributed by atoms with Crippen LogP contribution in [0.15, 0.2) is 0 Å². The van der Waals surface area contributed by atoms with Gasteiger partial charge in [0.2, 0.25) is 5.91 Å². The Labute approximate surface area is 93.2 Å². The minimum Gasteiger partial charge on any atom is -0.368 e. The molecule has 3 N–H and O–H groups in total. The standard InChI is InChI=1S/C11H25N3O/c1-4-7-14(8-5-2)9-10(11(12)15)13-6-3/h10,13H,4-9H2,1-3H3,(H2,12,15). The van der Waals surface area contributed by atoms with E-state index in [0.29, 0.717) is 0 Å². The molecule has 0 aromatic heterocycles. The molecule has 0 heterocycles. The topological polar surface area (TPSA) is 58.4 Å². The highest BCUT2D eigenvalue weighted by Gasteiger charge is 2.16. The van der Waals surface area contributed by atoms with E-state index in [-0.39, 0.29) is 11.9 Å². The first-order valence-electron chi connectivity index (χ1n) is 5.90. The summed E-state index contributed by atoms with van der Waals surface area (Å²) < 4.78 is 0. The molecular formula is C11H25N3O. The number of hydrogen-bond donors (Lipinski definition) is 2. The second-order valence-corrected chi connectivity index (χ2v) is 3.81. The molecule has 0 spiro atoms. The lowest BCUT2D eigenvalue weighted by atomic mass is 10.2. The van der Waals surface area contributed by atoms with Gasteiger partial charge in [0.15, 0.2) is 0 Å². The average molecular weight is 215 g/mol. The third kappa shape index (κ3) is 6.47. The lowest BCUT2D eigenvalue weighted by molar-refractivity contribution is -0.120. The van der Waals surface area contributed by atoms with Gasteiger partial charge in [-0.2, -0.15) is 0 Å². The Morgan fingerprint density at radius 2 is 1.80 bits per heavy atom. The molecule has 4 heteroatoms. The number of amides is 1. The molecule has 4 nitrogen and oxygen atoms in total. The molecule has 0 bridgehead atoms. The first kappa shape index (κ1) is 14.4. The lowest BCUT2D eigenvalue weighted by Gasteiger charge is -2.25. The highest BCUT2D eigenvalue weighted by Crippen LogP contribution is 1.97. The molecule has 0 aromatic carbocycles. The van der Waals surface area contributed by atoms with Crippen LogP contribution in [-0.4, -0.2) is 43.0 Å². The summed E-state index contributed by atoms with van der Waals surface area (Å²) in [4.78, 5) is 13.5. The number of likely N-dealkylation sites (N-methyl/N-ethyl adjacent to an activating group) is 1. The van der Waals surface area contributed by atoms with E-state index in [9.17, 15) is 4.79 Å². The van der Waals surface area contributed by atoms with Gasteiger partial charge in [-0.15, -0.1) is 0 Å². The van der Waals surface area contributed by atoms with Gasteiger partial charge in [0.05, 0.1) is 6.04 Å². The van der Waals surface area contributed by atoms with E-state index in [1.165, 1.54) is 0 Å². The smallest absolute Gasteiger partial charge is 0.235 e. The molecule has 1 amide bonds. The van der Waals surface area contributed by atoms with Crippen molar-refractivity contribution in [3.8, 4) is 0 Å². The Kier molecular flexibility index (Phi) is 8.33. The number of carbonyl (C=O) groups is 1. The summed E-state index contributed by atoms with van der Waals surface area (Å²) in [7, 11) is 0. The average Bonchev–Trinajstić information content (AvgIpc) is 2.17. The quantitative estimate of drug-likeness (QED) is 0.591. The van der Waals surface area contributed by atoms with Crippen molar-refractivity contribution in [3.05, 3.63) is 0 Å². The highest BCUT2D eigenvalue weighted by atomic mass is 16.1. The normalized spacial score (nSPS) is 13.1. The molecule has 90 valence electrons. The summed E-state index contributed by atoms with van der Waals surface area (Å²) in [6.45, 7) is 9.85. The summed E-state index contributed by atoms with van der Waals surface area (Å²) in [5, 5.41) is 3.11. The van der Waals surface area contributed by atoms with Crippen molar-refractivity contribution in [2.75, 3.05) is 26.2 Å². The second kappa shape index (κ2) is 8.68. The lowest BCUT2D eigenvalue weighted by Crippen LogP contribution is -2.49. The SMILES string of the molecule is CCCN(CCC)CC(NCC)C(N)=O. The van der Waals surface area contributed by atoms with Gasteiger partial charge >= 0.3 is 0 Å². The summed E-state index contributed by atoms with van der Waals surface area (Å²) in [6, 6.07) is -0.215. The van der Waals surface area contributed by atoms with Crippen LogP contribution in [0.1, 0.15) is 33.6 Å². The van der Waals surface area contributed by atoms with Gasteiger partial charge in [0.1, 0.15) is 0 Å². The maximum Gasteiger partial charge on any atom is 0.235 e. The van der Waals surface area contributed by atoms with Crippen molar-refractivity contribution >= 4 is 5.91 Å². The summed E-state index contributed by atoms with van der Waals surface area (Å²) in [6.07, 6.45) is 2.22. The number of nitrogens with one attached hydrogen (secondary N) is 1. The molecule has 0 aliphatic heterocycles. The van der Waals surface area contributed by atoms with Crippen molar-refractivity contribution in [2.24, 2.45) is 5.73 Å². The number of nitrogens with zero attached hydrogens (tertiary/aromatic N) is 1. The third-order valence-corrected chi connectivity index (χ3v) is 2.31. The van der Waals surface area contributed by atoms with Crippen LogP contribution >= 0.6 is 0 Å². The summed E-state index contributed by atoms with van der Waals surface area (Å²) in [5.74, 6) is -0.256. The first-order valence-corrected chi connectivity index (χ1v) is 5.90. The van der Waals surface area contributed by atoms with Gasteiger partial charge in [-0.1, -0.05) is 20.8 Å². The molecule has 15 heavy (non-hydrogen) atoms. The maximum atomic E-state index is 11.2. The minimum atomic E-state index is -0.256. The molecule has 0 aliphatic rings. The van der Waals surface area contributed by atoms with Crippen molar-refractivity contribution in [2.45, 2.75) is 39.7 Å². The van der Waals surface area contributed by atoms with Gasteiger partial charge < -0.3 is 16.0 Å². The molecule has 0 saturated carbocycles. The largest absolute Gasteiger partial charge is 0.368 e. The summed E-state index contributed by atoms with van der Waals surface area (Å²) >= 11 is 0. The molecule has 0 aliphatic carbocycles. The number of rotatable bonds is 9.